The SMILES string of the molecule is CCN1C(=O)c2cc(NC(=O)c3ccccc3I)ccc2Oc2ccccc21. The molecule has 0 saturated heterocycles. The molecule has 0 unspecified atom stereocenters. The minimum Gasteiger partial charge on any atom is -0.454 e. The molecule has 5 nitrogen and oxygen atoms in total. The number of hydrogen-bond acceptors (Lipinski definition) is 3. The molecule has 0 aliphatic carbocycles. The molecule has 3 aromatic rings. The average Bonchev–Trinajstić information content (AvgIpc) is 2.82. The first kappa shape index (κ1) is 18.5. The summed E-state index contributed by atoms with van der Waals surface area (Å²) in [4.78, 5) is 27.4. The van der Waals surface area contributed by atoms with Crippen LogP contribution in [0.25, 0.3) is 0 Å². The molecule has 28 heavy (non-hydrogen) atoms. The molecule has 0 atom stereocenters. The number of halogens is 1. The van der Waals surface area contributed by atoms with Gasteiger partial charge in [-0.3, -0.25) is 9.59 Å². The summed E-state index contributed by atoms with van der Waals surface area (Å²) in [6, 6.07) is 19.9. The number of carbonyl (C=O) groups is 2. The number of benzene rings is 3. The van der Waals surface area contributed by atoms with Crippen LogP contribution in [-0.2, 0) is 0 Å². The van der Waals surface area contributed by atoms with Gasteiger partial charge in [0.15, 0.2) is 5.75 Å². The summed E-state index contributed by atoms with van der Waals surface area (Å²) in [5.41, 5.74) is 2.28. The lowest BCUT2D eigenvalue weighted by molar-refractivity contribution is 0.0985. The minimum absolute atomic E-state index is 0.159. The van der Waals surface area contributed by atoms with Crippen LogP contribution in [0.15, 0.2) is 66.7 Å². The van der Waals surface area contributed by atoms with E-state index in [1.54, 1.807) is 29.2 Å². The van der Waals surface area contributed by atoms with Crippen LogP contribution in [-0.4, -0.2) is 18.4 Å². The van der Waals surface area contributed by atoms with Gasteiger partial charge in [0.2, 0.25) is 0 Å². The van der Waals surface area contributed by atoms with Gasteiger partial charge in [-0.25, -0.2) is 0 Å². The Morgan fingerprint density at radius 1 is 1.04 bits per heavy atom. The van der Waals surface area contributed by atoms with Crippen molar-refractivity contribution in [1.82, 2.24) is 0 Å². The standard InChI is InChI=1S/C22H17IN2O3/c1-2-25-18-9-5-6-10-20(18)28-19-12-11-14(13-16(19)22(25)27)24-21(26)15-7-3-4-8-17(15)23/h3-13H,2H2,1H3,(H,24,26). The van der Waals surface area contributed by atoms with Crippen molar-refractivity contribution < 1.29 is 14.3 Å². The zero-order valence-corrected chi connectivity index (χ0v) is 17.3. The fraction of sp³-hybridized carbons (Fsp3) is 0.0909. The van der Waals surface area contributed by atoms with E-state index in [0.717, 1.165) is 9.26 Å². The zero-order valence-electron chi connectivity index (χ0n) is 15.1. The molecule has 0 spiro atoms. The van der Waals surface area contributed by atoms with Crippen LogP contribution in [0, 0.1) is 3.57 Å². The molecule has 1 aliphatic heterocycles. The summed E-state index contributed by atoms with van der Waals surface area (Å²) in [6.07, 6.45) is 0. The molecule has 0 radical (unpaired) electrons. The molecule has 1 aliphatic rings. The van der Waals surface area contributed by atoms with Gasteiger partial charge in [-0.15, -0.1) is 0 Å². The number of nitrogens with one attached hydrogen (secondary N) is 1. The summed E-state index contributed by atoms with van der Waals surface area (Å²) in [7, 11) is 0. The smallest absolute Gasteiger partial charge is 0.262 e. The van der Waals surface area contributed by atoms with Crippen molar-refractivity contribution in [3.05, 3.63) is 81.4 Å². The first-order valence-electron chi connectivity index (χ1n) is 8.87. The van der Waals surface area contributed by atoms with Gasteiger partial charge in [0.25, 0.3) is 11.8 Å². The molecule has 4 rings (SSSR count). The maximum absolute atomic E-state index is 13.1. The Morgan fingerprint density at radius 2 is 1.79 bits per heavy atom. The van der Waals surface area contributed by atoms with Crippen LogP contribution in [0.3, 0.4) is 0 Å². The quantitative estimate of drug-likeness (QED) is 0.513. The average molecular weight is 484 g/mol. The van der Waals surface area contributed by atoms with E-state index in [2.05, 4.69) is 27.9 Å². The second-order valence-corrected chi connectivity index (χ2v) is 7.43. The van der Waals surface area contributed by atoms with Crippen LogP contribution < -0.4 is 15.0 Å². The van der Waals surface area contributed by atoms with Gasteiger partial charge in [0, 0.05) is 15.8 Å². The van der Waals surface area contributed by atoms with Crippen LogP contribution in [0.4, 0.5) is 11.4 Å². The monoisotopic (exact) mass is 484 g/mol. The van der Waals surface area contributed by atoms with E-state index >= 15 is 0 Å². The highest BCUT2D eigenvalue weighted by atomic mass is 127. The highest BCUT2D eigenvalue weighted by Crippen LogP contribution is 2.39. The van der Waals surface area contributed by atoms with E-state index in [0.29, 0.717) is 34.9 Å². The number of rotatable bonds is 3. The maximum Gasteiger partial charge on any atom is 0.262 e. The number of carbonyl (C=O) groups excluding carboxylic acids is 2. The molecule has 0 aromatic heterocycles. The number of amides is 2. The summed E-state index contributed by atoms with van der Waals surface area (Å²) in [6.45, 7) is 2.43. The van der Waals surface area contributed by atoms with Crippen LogP contribution in [0.1, 0.15) is 27.6 Å². The number of anilines is 2. The fourth-order valence-electron chi connectivity index (χ4n) is 3.16. The number of fused-ring (bicyclic) bond motifs is 2. The van der Waals surface area contributed by atoms with Gasteiger partial charge < -0.3 is 15.0 Å². The van der Waals surface area contributed by atoms with E-state index in [1.165, 1.54) is 0 Å². The molecule has 0 saturated carbocycles. The Labute approximate surface area is 176 Å². The van der Waals surface area contributed by atoms with Gasteiger partial charge in [-0.05, 0) is 72.0 Å². The first-order valence-corrected chi connectivity index (χ1v) is 9.95. The molecule has 6 heteroatoms. The maximum atomic E-state index is 13.1. The van der Waals surface area contributed by atoms with Gasteiger partial charge in [0.1, 0.15) is 5.75 Å². The fourth-order valence-corrected chi connectivity index (χ4v) is 3.79. The molecule has 2 amide bonds. The van der Waals surface area contributed by atoms with Crippen molar-refractivity contribution >= 4 is 45.8 Å². The van der Waals surface area contributed by atoms with E-state index in [9.17, 15) is 9.59 Å². The van der Waals surface area contributed by atoms with Crippen LogP contribution in [0.2, 0.25) is 0 Å². The molecule has 3 aromatic carbocycles. The van der Waals surface area contributed by atoms with Crippen molar-refractivity contribution in [3.63, 3.8) is 0 Å². The predicted octanol–water partition coefficient (Wildman–Crippen LogP) is 5.32. The third-order valence-electron chi connectivity index (χ3n) is 4.52. The largest absolute Gasteiger partial charge is 0.454 e. The summed E-state index contributed by atoms with van der Waals surface area (Å²) in [5.74, 6) is 0.725. The first-order chi connectivity index (χ1) is 13.6. The Hall–Kier alpha value is -2.87. The molecule has 1 N–H and O–H groups in total. The van der Waals surface area contributed by atoms with E-state index in [1.807, 2.05) is 49.4 Å². The van der Waals surface area contributed by atoms with Gasteiger partial charge >= 0.3 is 0 Å². The number of para-hydroxylation sites is 2. The minimum atomic E-state index is -0.220. The van der Waals surface area contributed by atoms with Crippen molar-refractivity contribution in [2.75, 3.05) is 16.8 Å². The van der Waals surface area contributed by atoms with Crippen molar-refractivity contribution in [2.45, 2.75) is 6.92 Å². The van der Waals surface area contributed by atoms with Crippen molar-refractivity contribution in [1.29, 1.82) is 0 Å². The second kappa shape index (κ2) is 7.63. The molecular weight excluding hydrogens is 467 g/mol. The lowest BCUT2D eigenvalue weighted by Gasteiger charge is -2.19. The summed E-state index contributed by atoms with van der Waals surface area (Å²) < 4.78 is 6.85. The predicted molar refractivity (Wildman–Crippen MR) is 117 cm³/mol. The Morgan fingerprint density at radius 3 is 2.57 bits per heavy atom. The molecule has 0 fully saturated rings. The van der Waals surface area contributed by atoms with E-state index in [-0.39, 0.29) is 11.8 Å². The van der Waals surface area contributed by atoms with Crippen molar-refractivity contribution in [2.24, 2.45) is 0 Å². The third-order valence-corrected chi connectivity index (χ3v) is 5.46. The molecular formula is C22H17IN2O3. The Balaban J connectivity index is 1.69. The molecule has 0 bridgehead atoms. The number of nitrogens with zero attached hydrogens (tertiary/aromatic N) is 1. The van der Waals surface area contributed by atoms with Gasteiger partial charge in [-0.1, -0.05) is 24.3 Å². The highest BCUT2D eigenvalue weighted by molar-refractivity contribution is 14.1. The van der Waals surface area contributed by atoms with E-state index in [4.69, 9.17) is 4.74 Å². The number of ether oxygens (including phenoxy) is 1. The molecule has 140 valence electrons. The topological polar surface area (TPSA) is 58.6 Å². The normalized spacial score (nSPS) is 12.5. The lowest BCUT2D eigenvalue weighted by Crippen LogP contribution is -2.29. The van der Waals surface area contributed by atoms with Crippen molar-refractivity contribution in [3.8, 4) is 11.5 Å². The van der Waals surface area contributed by atoms with Crippen LogP contribution in [0.5, 0.6) is 11.5 Å². The second-order valence-electron chi connectivity index (χ2n) is 6.26. The van der Waals surface area contributed by atoms with Gasteiger partial charge in [-0.2, -0.15) is 0 Å². The molecule has 1 heterocycles. The summed E-state index contributed by atoms with van der Waals surface area (Å²) in [5, 5.41) is 2.87. The van der Waals surface area contributed by atoms with E-state index < -0.39 is 0 Å². The Bertz CT molecular complexity index is 1080. The summed E-state index contributed by atoms with van der Waals surface area (Å²) >= 11 is 2.13. The Kier molecular flexibility index (Phi) is 5.04. The highest BCUT2D eigenvalue weighted by Gasteiger charge is 2.27. The third kappa shape index (κ3) is 3.35. The lowest BCUT2D eigenvalue weighted by atomic mass is 10.1. The zero-order chi connectivity index (χ0) is 19.7. The van der Waals surface area contributed by atoms with Crippen LogP contribution >= 0.6 is 22.6 Å². The van der Waals surface area contributed by atoms with Gasteiger partial charge in [0.05, 0.1) is 16.8 Å². The number of hydrogen-bond donors (Lipinski definition) is 1.